The van der Waals surface area contributed by atoms with Crippen molar-refractivity contribution in [3.05, 3.63) is 41.1 Å². The van der Waals surface area contributed by atoms with Gasteiger partial charge in [-0.3, -0.25) is 0 Å². The summed E-state index contributed by atoms with van der Waals surface area (Å²) in [7, 11) is 0. The summed E-state index contributed by atoms with van der Waals surface area (Å²) in [4.78, 5) is 2.14. The van der Waals surface area contributed by atoms with Gasteiger partial charge in [-0.15, -0.1) is 0 Å². The molecule has 105 valence electrons. The molecule has 1 atom stereocenters. The van der Waals surface area contributed by atoms with Crippen molar-refractivity contribution >= 4 is 0 Å². The highest BCUT2D eigenvalue weighted by Gasteiger charge is 2.34. The average Bonchev–Trinajstić information content (AvgIpc) is 2.28. The van der Waals surface area contributed by atoms with Crippen LogP contribution in [-0.2, 0) is 0 Å². The van der Waals surface area contributed by atoms with Gasteiger partial charge in [0.1, 0.15) is 0 Å². The molecule has 0 bridgehead atoms. The summed E-state index contributed by atoms with van der Waals surface area (Å²) in [6, 6.07) is 1.73. The Bertz CT molecular complexity index is 435. The van der Waals surface area contributed by atoms with Gasteiger partial charge in [-0.1, -0.05) is 13.8 Å². The fourth-order valence-electron chi connectivity index (χ4n) is 2.40. The Morgan fingerprint density at radius 3 is 2.26 bits per heavy atom. The number of hydrogen-bond acceptors (Lipinski definition) is 2. The molecule has 19 heavy (non-hydrogen) atoms. The molecular weight excluding hydrogens is 255 g/mol. The van der Waals surface area contributed by atoms with Crippen LogP contribution in [0.25, 0.3) is 0 Å². The first kappa shape index (κ1) is 14.3. The summed E-state index contributed by atoms with van der Waals surface area (Å²) in [5.41, 5.74) is 0.0956. The van der Waals surface area contributed by atoms with Gasteiger partial charge in [0.25, 0.3) is 0 Å². The van der Waals surface area contributed by atoms with Crippen molar-refractivity contribution in [2.75, 3.05) is 19.6 Å². The van der Waals surface area contributed by atoms with Crippen molar-refractivity contribution in [3.63, 3.8) is 0 Å². The highest BCUT2D eigenvalue weighted by molar-refractivity contribution is 5.23. The first-order valence-corrected chi connectivity index (χ1v) is 6.22. The van der Waals surface area contributed by atoms with Crippen LogP contribution in [0.1, 0.15) is 25.5 Å². The van der Waals surface area contributed by atoms with Gasteiger partial charge in [-0.2, -0.15) is 0 Å². The minimum atomic E-state index is -1.50. The van der Waals surface area contributed by atoms with Crippen molar-refractivity contribution in [2.45, 2.75) is 20.0 Å². The van der Waals surface area contributed by atoms with E-state index in [2.05, 4.69) is 4.90 Å². The second kappa shape index (κ2) is 5.51. The quantitative estimate of drug-likeness (QED) is 0.852. The lowest BCUT2D eigenvalue weighted by Gasteiger charge is -2.42. The first-order chi connectivity index (χ1) is 8.88. The SMILES string of the molecule is C[C](C)CN1CC(C(O)c2cc(F)c(F)c(F)c2)C1. The lowest BCUT2D eigenvalue weighted by molar-refractivity contribution is -0.00285. The molecule has 1 unspecified atom stereocenters. The zero-order chi connectivity index (χ0) is 14.2. The minimum Gasteiger partial charge on any atom is -0.388 e. The molecule has 0 spiro atoms. The zero-order valence-corrected chi connectivity index (χ0v) is 11.0. The van der Waals surface area contributed by atoms with E-state index in [1.807, 2.05) is 13.8 Å². The van der Waals surface area contributed by atoms with Gasteiger partial charge in [0.15, 0.2) is 17.5 Å². The number of aliphatic hydroxyl groups is 1. The van der Waals surface area contributed by atoms with Gasteiger partial charge >= 0.3 is 0 Å². The Kier molecular flexibility index (Phi) is 4.16. The van der Waals surface area contributed by atoms with Gasteiger partial charge in [-0.25, -0.2) is 13.2 Å². The average molecular weight is 272 g/mol. The molecule has 0 amide bonds. The van der Waals surface area contributed by atoms with Crippen LogP contribution in [0, 0.1) is 29.3 Å². The molecule has 2 nitrogen and oxygen atoms in total. The van der Waals surface area contributed by atoms with Gasteiger partial charge in [0, 0.05) is 25.6 Å². The number of aliphatic hydroxyl groups excluding tert-OH is 1. The maximum Gasteiger partial charge on any atom is 0.194 e. The Hall–Kier alpha value is -1.07. The van der Waals surface area contributed by atoms with E-state index >= 15 is 0 Å². The van der Waals surface area contributed by atoms with Crippen molar-refractivity contribution < 1.29 is 18.3 Å². The smallest absolute Gasteiger partial charge is 0.194 e. The van der Waals surface area contributed by atoms with E-state index in [0.717, 1.165) is 18.7 Å². The molecule has 1 saturated heterocycles. The summed E-state index contributed by atoms with van der Waals surface area (Å²) in [5.74, 6) is -2.82. The largest absolute Gasteiger partial charge is 0.388 e. The zero-order valence-electron chi connectivity index (χ0n) is 11.0. The fourth-order valence-corrected chi connectivity index (χ4v) is 2.40. The Morgan fingerprint density at radius 1 is 1.26 bits per heavy atom. The number of hydrogen-bond donors (Lipinski definition) is 1. The molecule has 1 aliphatic heterocycles. The van der Waals surface area contributed by atoms with E-state index in [4.69, 9.17) is 0 Å². The molecule has 1 aromatic carbocycles. The van der Waals surface area contributed by atoms with Gasteiger partial charge < -0.3 is 10.0 Å². The molecule has 0 aliphatic carbocycles. The van der Waals surface area contributed by atoms with Crippen LogP contribution in [-0.4, -0.2) is 29.6 Å². The second-order valence-electron chi connectivity index (χ2n) is 5.40. The number of rotatable bonds is 4. The molecular formula is C14H17F3NO. The predicted octanol–water partition coefficient (Wildman–Crippen LogP) is 2.68. The van der Waals surface area contributed by atoms with E-state index in [0.29, 0.717) is 13.1 Å². The van der Waals surface area contributed by atoms with E-state index in [1.165, 1.54) is 5.92 Å². The normalized spacial score (nSPS) is 18.7. The number of nitrogens with zero attached hydrogens (tertiary/aromatic N) is 1. The van der Waals surface area contributed by atoms with Crippen LogP contribution >= 0.6 is 0 Å². The highest BCUT2D eigenvalue weighted by Crippen LogP contribution is 2.31. The number of halogens is 3. The Morgan fingerprint density at radius 2 is 1.79 bits per heavy atom. The minimum absolute atomic E-state index is 0.0661. The third kappa shape index (κ3) is 3.09. The second-order valence-corrected chi connectivity index (χ2v) is 5.40. The molecule has 5 heteroatoms. The Balaban J connectivity index is 2.00. The molecule has 0 aromatic heterocycles. The molecule has 2 rings (SSSR count). The predicted molar refractivity (Wildman–Crippen MR) is 65.8 cm³/mol. The molecule has 1 radical (unpaired) electrons. The summed E-state index contributed by atoms with van der Waals surface area (Å²) in [5, 5.41) is 10.0. The van der Waals surface area contributed by atoms with Crippen LogP contribution in [0.2, 0.25) is 0 Å². The molecule has 1 aromatic rings. The summed E-state index contributed by atoms with van der Waals surface area (Å²) < 4.78 is 39.0. The molecule has 1 fully saturated rings. The van der Waals surface area contributed by atoms with Crippen molar-refractivity contribution in [1.29, 1.82) is 0 Å². The summed E-state index contributed by atoms with van der Waals surface area (Å²) in [6.07, 6.45) is -0.960. The van der Waals surface area contributed by atoms with Crippen molar-refractivity contribution in [3.8, 4) is 0 Å². The fraction of sp³-hybridized carbons (Fsp3) is 0.500. The molecule has 1 N–H and O–H groups in total. The van der Waals surface area contributed by atoms with Crippen LogP contribution in [0.15, 0.2) is 12.1 Å². The van der Waals surface area contributed by atoms with Gasteiger partial charge in [0.05, 0.1) is 6.10 Å². The first-order valence-electron chi connectivity index (χ1n) is 6.22. The van der Waals surface area contributed by atoms with E-state index in [-0.39, 0.29) is 11.5 Å². The van der Waals surface area contributed by atoms with E-state index in [9.17, 15) is 18.3 Å². The third-order valence-electron chi connectivity index (χ3n) is 3.32. The molecule has 0 saturated carbocycles. The third-order valence-corrected chi connectivity index (χ3v) is 3.32. The summed E-state index contributed by atoms with van der Waals surface area (Å²) >= 11 is 0. The molecule has 1 heterocycles. The van der Waals surface area contributed by atoms with Crippen LogP contribution in [0.4, 0.5) is 13.2 Å². The topological polar surface area (TPSA) is 23.5 Å². The molecule has 1 aliphatic rings. The van der Waals surface area contributed by atoms with Crippen LogP contribution < -0.4 is 0 Å². The van der Waals surface area contributed by atoms with Crippen molar-refractivity contribution in [1.82, 2.24) is 4.90 Å². The van der Waals surface area contributed by atoms with Crippen LogP contribution in [0.5, 0.6) is 0 Å². The Labute approximate surface area is 110 Å². The lowest BCUT2D eigenvalue weighted by Crippen LogP contribution is -2.50. The summed E-state index contributed by atoms with van der Waals surface area (Å²) in [6.45, 7) is 6.25. The van der Waals surface area contributed by atoms with Crippen LogP contribution in [0.3, 0.4) is 0 Å². The maximum atomic E-state index is 13.1. The number of likely N-dealkylation sites (tertiary alicyclic amines) is 1. The highest BCUT2D eigenvalue weighted by atomic mass is 19.2. The lowest BCUT2D eigenvalue weighted by atomic mass is 9.88. The van der Waals surface area contributed by atoms with Gasteiger partial charge in [0.2, 0.25) is 0 Å². The standard InChI is InChI=1S/C14H17F3NO/c1-8(2)5-18-6-10(7-18)14(19)9-3-11(15)13(17)12(16)4-9/h3-4,10,14,19H,5-7H2,1-2H3. The van der Waals surface area contributed by atoms with E-state index < -0.39 is 23.6 Å². The maximum absolute atomic E-state index is 13.1. The van der Waals surface area contributed by atoms with Gasteiger partial charge in [-0.05, 0) is 23.6 Å². The van der Waals surface area contributed by atoms with E-state index in [1.54, 1.807) is 0 Å². The number of benzene rings is 1. The monoisotopic (exact) mass is 272 g/mol. The van der Waals surface area contributed by atoms with Crippen molar-refractivity contribution in [2.24, 2.45) is 5.92 Å².